The van der Waals surface area contributed by atoms with Crippen molar-refractivity contribution in [1.29, 1.82) is 5.26 Å². The molecule has 0 atom stereocenters. The van der Waals surface area contributed by atoms with Gasteiger partial charge in [-0.1, -0.05) is 25.1 Å². The van der Waals surface area contributed by atoms with E-state index in [1.807, 2.05) is 61.5 Å². The lowest BCUT2D eigenvalue weighted by Gasteiger charge is -2.11. The van der Waals surface area contributed by atoms with E-state index in [0.29, 0.717) is 23.6 Å². The van der Waals surface area contributed by atoms with Crippen molar-refractivity contribution in [2.45, 2.75) is 13.3 Å². The molecule has 0 fully saturated rings. The smallest absolute Gasteiger partial charge is 0.269 e. The van der Waals surface area contributed by atoms with Crippen molar-refractivity contribution < 1.29 is 9.53 Å². The molecule has 0 radical (unpaired) electrons. The number of benzene rings is 2. The van der Waals surface area contributed by atoms with Crippen LogP contribution in [0.2, 0.25) is 0 Å². The summed E-state index contributed by atoms with van der Waals surface area (Å²) in [5.41, 5.74) is 1.48. The Morgan fingerprint density at radius 1 is 1.08 bits per heavy atom. The molecule has 5 heteroatoms. The summed E-state index contributed by atoms with van der Waals surface area (Å²) in [4.78, 5) is 12.4. The van der Waals surface area contributed by atoms with E-state index in [0.717, 1.165) is 17.9 Å². The van der Waals surface area contributed by atoms with Crippen LogP contribution in [0.4, 0.5) is 0 Å². The number of nitrogens with one attached hydrogen (secondary N) is 1. The minimum Gasteiger partial charge on any atom is -0.457 e. The molecule has 0 aliphatic rings. The first kappa shape index (κ1) is 17.3. The second-order valence-corrected chi connectivity index (χ2v) is 5.72. The Hall–Kier alpha value is -3.52. The van der Waals surface area contributed by atoms with Crippen molar-refractivity contribution in [3.05, 3.63) is 78.1 Å². The highest BCUT2D eigenvalue weighted by atomic mass is 16.5. The fourth-order valence-electron chi connectivity index (χ4n) is 2.59. The maximum Gasteiger partial charge on any atom is 0.269 e. The maximum absolute atomic E-state index is 12.4. The Labute approximate surface area is 152 Å². The van der Waals surface area contributed by atoms with Crippen LogP contribution in [0, 0.1) is 11.3 Å². The summed E-state index contributed by atoms with van der Waals surface area (Å²) in [6, 6.07) is 20.6. The maximum atomic E-state index is 12.4. The highest BCUT2D eigenvalue weighted by Crippen LogP contribution is 2.24. The van der Waals surface area contributed by atoms with Crippen LogP contribution in [-0.4, -0.2) is 17.0 Å². The lowest BCUT2D eigenvalue weighted by atomic mass is 10.2. The Balaban J connectivity index is 1.86. The Morgan fingerprint density at radius 2 is 1.77 bits per heavy atom. The average Bonchev–Trinajstić information content (AvgIpc) is 3.12. The van der Waals surface area contributed by atoms with E-state index in [4.69, 9.17) is 4.74 Å². The zero-order valence-corrected chi connectivity index (χ0v) is 14.5. The van der Waals surface area contributed by atoms with Crippen molar-refractivity contribution in [3.63, 3.8) is 0 Å². The lowest BCUT2D eigenvalue weighted by Crippen LogP contribution is -2.26. The third-order valence-electron chi connectivity index (χ3n) is 3.85. The first-order valence-corrected chi connectivity index (χ1v) is 8.46. The van der Waals surface area contributed by atoms with Crippen LogP contribution in [0.3, 0.4) is 0 Å². The minimum atomic E-state index is -0.252. The van der Waals surface area contributed by atoms with Crippen LogP contribution in [0.5, 0.6) is 11.5 Å². The molecule has 5 nitrogen and oxygen atoms in total. The van der Waals surface area contributed by atoms with E-state index >= 15 is 0 Å². The summed E-state index contributed by atoms with van der Waals surface area (Å²) in [5.74, 6) is 1.20. The summed E-state index contributed by atoms with van der Waals surface area (Å²) in [5, 5.41) is 12.1. The van der Waals surface area contributed by atoms with Crippen LogP contribution < -0.4 is 10.1 Å². The topological polar surface area (TPSA) is 67.0 Å². The average molecular weight is 345 g/mol. The van der Waals surface area contributed by atoms with E-state index in [1.54, 1.807) is 16.8 Å². The van der Waals surface area contributed by atoms with E-state index in [9.17, 15) is 10.1 Å². The lowest BCUT2D eigenvalue weighted by molar-refractivity contribution is 0.0946. The molecule has 0 bridgehead atoms. The predicted molar refractivity (Wildman–Crippen MR) is 99.6 cm³/mol. The predicted octanol–water partition coefficient (Wildman–Crippen LogP) is 4.28. The van der Waals surface area contributed by atoms with Gasteiger partial charge in [-0.05, 0) is 48.9 Å². The number of rotatable bonds is 6. The number of nitriles is 1. The molecule has 0 unspecified atom stereocenters. The van der Waals surface area contributed by atoms with Gasteiger partial charge in [0.2, 0.25) is 0 Å². The molecule has 0 spiro atoms. The molecule has 26 heavy (non-hydrogen) atoms. The number of carbonyl (C=O) groups excluding carboxylic acids is 1. The molecule has 1 heterocycles. The van der Waals surface area contributed by atoms with Gasteiger partial charge >= 0.3 is 0 Å². The highest BCUT2D eigenvalue weighted by Gasteiger charge is 2.17. The number of aromatic nitrogens is 1. The quantitative estimate of drug-likeness (QED) is 0.725. The van der Waals surface area contributed by atoms with Gasteiger partial charge in [-0.25, -0.2) is 0 Å². The molecular weight excluding hydrogens is 326 g/mol. The SMILES string of the molecule is CCCNC(=O)c1c(C#N)ccn1-c1ccc(Oc2ccccc2)cc1. The van der Waals surface area contributed by atoms with Gasteiger partial charge in [-0.2, -0.15) is 5.26 Å². The van der Waals surface area contributed by atoms with Crippen molar-refractivity contribution in [2.24, 2.45) is 0 Å². The molecule has 3 aromatic rings. The summed E-state index contributed by atoms with van der Waals surface area (Å²) in [6.45, 7) is 2.55. The largest absolute Gasteiger partial charge is 0.457 e. The van der Waals surface area contributed by atoms with Gasteiger partial charge in [0.25, 0.3) is 5.91 Å². The number of hydrogen-bond acceptors (Lipinski definition) is 3. The minimum absolute atomic E-state index is 0.252. The van der Waals surface area contributed by atoms with Gasteiger partial charge in [0.05, 0.1) is 5.56 Å². The van der Waals surface area contributed by atoms with Gasteiger partial charge in [0, 0.05) is 18.4 Å². The molecule has 2 aromatic carbocycles. The number of nitrogens with zero attached hydrogens (tertiary/aromatic N) is 2. The number of amides is 1. The first-order chi connectivity index (χ1) is 12.7. The monoisotopic (exact) mass is 345 g/mol. The number of hydrogen-bond donors (Lipinski definition) is 1. The fourth-order valence-corrected chi connectivity index (χ4v) is 2.59. The Kier molecular flexibility index (Phi) is 5.35. The van der Waals surface area contributed by atoms with Crippen LogP contribution in [0.1, 0.15) is 29.4 Å². The van der Waals surface area contributed by atoms with Crippen molar-refractivity contribution in [3.8, 4) is 23.3 Å². The number of ether oxygens (including phenoxy) is 1. The highest BCUT2D eigenvalue weighted by molar-refractivity contribution is 5.95. The third kappa shape index (κ3) is 3.76. The van der Waals surface area contributed by atoms with E-state index in [-0.39, 0.29) is 5.91 Å². The fraction of sp³-hybridized carbons (Fsp3) is 0.143. The van der Waals surface area contributed by atoms with E-state index in [1.165, 1.54) is 0 Å². The van der Waals surface area contributed by atoms with Crippen LogP contribution in [-0.2, 0) is 0 Å². The van der Waals surface area contributed by atoms with Crippen molar-refractivity contribution in [2.75, 3.05) is 6.54 Å². The number of para-hydroxylation sites is 1. The molecule has 3 rings (SSSR count). The molecule has 1 aromatic heterocycles. The Morgan fingerprint density at radius 3 is 2.42 bits per heavy atom. The zero-order chi connectivity index (χ0) is 18.4. The van der Waals surface area contributed by atoms with E-state index in [2.05, 4.69) is 11.4 Å². The second-order valence-electron chi connectivity index (χ2n) is 5.72. The van der Waals surface area contributed by atoms with Crippen molar-refractivity contribution >= 4 is 5.91 Å². The van der Waals surface area contributed by atoms with Gasteiger partial charge in [-0.3, -0.25) is 4.79 Å². The molecule has 1 N–H and O–H groups in total. The molecular formula is C21H19N3O2. The molecule has 1 amide bonds. The zero-order valence-electron chi connectivity index (χ0n) is 14.5. The molecule has 0 saturated carbocycles. The summed E-state index contributed by atoms with van der Waals surface area (Å²) in [7, 11) is 0. The van der Waals surface area contributed by atoms with Crippen LogP contribution >= 0.6 is 0 Å². The van der Waals surface area contributed by atoms with Gasteiger partial charge in [-0.15, -0.1) is 0 Å². The molecule has 130 valence electrons. The third-order valence-corrected chi connectivity index (χ3v) is 3.85. The molecule has 0 aliphatic carbocycles. The standard InChI is InChI=1S/C21H19N3O2/c1-2-13-23-21(25)20-16(15-22)12-14-24(20)17-8-10-19(11-9-17)26-18-6-4-3-5-7-18/h3-12,14H,2,13H2,1H3,(H,23,25). The van der Waals surface area contributed by atoms with Crippen molar-refractivity contribution in [1.82, 2.24) is 9.88 Å². The van der Waals surface area contributed by atoms with Crippen LogP contribution in [0.25, 0.3) is 5.69 Å². The van der Waals surface area contributed by atoms with Crippen LogP contribution in [0.15, 0.2) is 66.9 Å². The summed E-state index contributed by atoms with van der Waals surface area (Å²) >= 11 is 0. The Bertz CT molecular complexity index is 922. The second kappa shape index (κ2) is 8.04. The molecule has 0 saturated heterocycles. The molecule has 0 aliphatic heterocycles. The summed E-state index contributed by atoms with van der Waals surface area (Å²) in [6.07, 6.45) is 2.56. The van der Waals surface area contributed by atoms with Gasteiger partial charge in [0.15, 0.2) is 0 Å². The van der Waals surface area contributed by atoms with E-state index < -0.39 is 0 Å². The first-order valence-electron chi connectivity index (χ1n) is 8.46. The number of carbonyl (C=O) groups is 1. The summed E-state index contributed by atoms with van der Waals surface area (Å²) < 4.78 is 7.50. The normalized spacial score (nSPS) is 10.2. The van der Waals surface area contributed by atoms with Gasteiger partial charge in [0.1, 0.15) is 23.3 Å². The van der Waals surface area contributed by atoms with Gasteiger partial charge < -0.3 is 14.6 Å².